The Balaban J connectivity index is 1.84. The minimum absolute atomic E-state index is 0.0449. The molecule has 186 valence electrons. The van der Waals surface area contributed by atoms with Gasteiger partial charge >= 0.3 is 6.03 Å². The van der Waals surface area contributed by atoms with E-state index >= 15 is 0 Å². The van der Waals surface area contributed by atoms with E-state index in [9.17, 15) is 14.0 Å². The van der Waals surface area contributed by atoms with E-state index in [-0.39, 0.29) is 29.2 Å². The number of nitrogens with one attached hydrogen (secondary N) is 1. The van der Waals surface area contributed by atoms with Crippen LogP contribution in [-0.2, 0) is 11.3 Å². The minimum atomic E-state index is -0.280. The number of urea groups is 1. The van der Waals surface area contributed by atoms with Gasteiger partial charge in [0.25, 0.3) is 0 Å². The Bertz CT molecular complexity index is 753. The van der Waals surface area contributed by atoms with Crippen LogP contribution >= 0.6 is 0 Å². The summed E-state index contributed by atoms with van der Waals surface area (Å²) in [6.45, 7) is 17.5. The van der Waals surface area contributed by atoms with Crippen LogP contribution in [0.3, 0.4) is 0 Å². The Morgan fingerprint density at radius 2 is 1.67 bits per heavy atom. The number of amides is 3. The molecule has 1 aliphatic heterocycles. The largest absolute Gasteiger partial charge is 0.340 e. The van der Waals surface area contributed by atoms with Gasteiger partial charge in [-0.25, -0.2) is 9.18 Å². The number of hydrogen-bond acceptors (Lipinski definition) is 3. The topological polar surface area (TPSA) is 55.9 Å². The molecule has 0 radical (unpaired) electrons. The average Bonchev–Trinajstić information content (AvgIpc) is 2.70. The van der Waals surface area contributed by atoms with E-state index in [0.29, 0.717) is 25.4 Å². The zero-order valence-corrected chi connectivity index (χ0v) is 21.4. The van der Waals surface area contributed by atoms with Gasteiger partial charge in [0.2, 0.25) is 5.91 Å². The van der Waals surface area contributed by atoms with Crippen molar-refractivity contribution in [1.29, 1.82) is 0 Å². The summed E-state index contributed by atoms with van der Waals surface area (Å²) in [5, 5.41) is 2.96. The molecule has 1 aromatic rings. The molecule has 0 aliphatic carbocycles. The monoisotopic (exact) mass is 462 g/mol. The zero-order valence-electron chi connectivity index (χ0n) is 21.4. The predicted octanol–water partition coefficient (Wildman–Crippen LogP) is 4.35. The minimum Gasteiger partial charge on any atom is -0.340 e. The summed E-state index contributed by atoms with van der Waals surface area (Å²) in [6.07, 6.45) is 1.65. The van der Waals surface area contributed by atoms with Crippen LogP contribution in [0.25, 0.3) is 0 Å². The van der Waals surface area contributed by atoms with Gasteiger partial charge in [0, 0.05) is 58.3 Å². The van der Waals surface area contributed by atoms with Gasteiger partial charge in [-0.3, -0.25) is 9.69 Å². The Hall–Kier alpha value is -2.15. The maximum atomic E-state index is 13.2. The molecule has 1 heterocycles. The molecule has 1 fully saturated rings. The fraction of sp³-hybridized carbons (Fsp3) is 0.692. The predicted molar refractivity (Wildman–Crippen MR) is 131 cm³/mol. The first-order chi connectivity index (χ1) is 15.4. The highest BCUT2D eigenvalue weighted by Gasteiger charge is 2.25. The Morgan fingerprint density at radius 3 is 2.21 bits per heavy atom. The van der Waals surface area contributed by atoms with Crippen molar-refractivity contribution < 1.29 is 14.0 Å². The maximum Gasteiger partial charge on any atom is 0.317 e. The van der Waals surface area contributed by atoms with E-state index in [1.54, 1.807) is 17.0 Å². The first-order valence-corrected chi connectivity index (χ1v) is 12.2. The second kappa shape index (κ2) is 12.4. The summed E-state index contributed by atoms with van der Waals surface area (Å²) < 4.78 is 13.2. The van der Waals surface area contributed by atoms with Gasteiger partial charge in [-0.05, 0) is 49.3 Å². The lowest BCUT2D eigenvalue weighted by atomic mass is 9.84. The number of halogens is 1. The molecule has 7 heteroatoms. The van der Waals surface area contributed by atoms with E-state index < -0.39 is 0 Å². The SMILES string of the molecule is CC(CC(=O)N1CCN(CCN(Cc2ccc(F)cc2)C(=O)NC(C)C)CC1)CC(C)(C)C. The fourth-order valence-electron chi connectivity index (χ4n) is 4.43. The summed E-state index contributed by atoms with van der Waals surface area (Å²) in [5.41, 5.74) is 1.13. The molecule has 1 aromatic carbocycles. The fourth-order valence-corrected chi connectivity index (χ4v) is 4.43. The molecule has 1 saturated heterocycles. The van der Waals surface area contributed by atoms with Crippen molar-refractivity contribution >= 4 is 11.9 Å². The van der Waals surface area contributed by atoms with E-state index in [0.717, 1.165) is 44.7 Å². The van der Waals surface area contributed by atoms with Gasteiger partial charge in [0.15, 0.2) is 0 Å². The number of rotatable bonds is 9. The third kappa shape index (κ3) is 10.1. The summed E-state index contributed by atoms with van der Waals surface area (Å²) >= 11 is 0. The van der Waals surface area contributed by atoms with Crippen molar-refractivity contribution in [3.8, 4) is 0 Å². The molecule has 6 nitrogen and oxygen atoms in total. The van der Waals surface area contributed by atoms with Crippen molar-refractivity contribution in [2.45, 2.75) is 67.0 Å². The third-order valence-corrected chi connectivity index (χ3v) is 5.88. The van der Waals surface area contributed by atoms with Crippen LogP contribution in [0.15, 0.2) is 24.3 Å². The number of carbonyl (C=O) groups is 2. The standard InChI is InChI=1S/C26H43FN4O2/c1-20(2)28-25(33)31(19-22-7-9-23(27)10-8-22)16-13-29-11-14-30(15-12-29)24(32)17-21(3)18-26(4,5)6/h7-10,20-21H,11-19H2,1-6H3,(H,28,33). The lowest BCUT2D eigenvalue weighted by Gasteiger charge is -2.36. The van der Waals surface area contributed by atoms with E-state index in [1.165, 1.54) is 12.1 Å². The first kappa shape index (κ1) is 27.1. The molecular weight excluding hydrogens is 419 g/mol. The van der Waals surface area contributed by atoms with Crippen LogP contribution < -0.4 is 5.32 Å². The van der Waals surface area contributed by atoms with Crippen molar-refractivity contribution in [2.24, 2.45) is 11.3 Å². The van der Waals surface area contributed by atoms with Gasteiger partial charge in [-0.15, -0.1) is 0 Å². The second-order valence-corrected chi connectivity index (χ2v) is 10.9. The molecule has 33 heavy (non-hydrogen) atoms. The molecule has 0 aromatic heterocycles. The molecule has 0 spiro atoms. The van der Waals surface area contributed by atoms with Gasteiger partial charge < -0.3 is 15.1 Å². The summed E-state index contributed by atoms with van der Waals surface area (Å²) in [6, 6.07) is 6.21. The molecule has 0 saturated carbocycles. The lowest BCUT2D eigenvalue weighted by Crippen LogP contribution is -2.51. The number of hydrogen-bond donors (Lipinski definition) is 1. The number of piperazine rings is 1. The highest BCUT2D eigenvalue weighted by atomic mass is 19.1. The van der Waals surface area contributed by atoms with Gasteiger partial charge in [-0.1, -0.05) is 39.8 Å². The zero-order chi connectivity index (χ0) is 24.6. The molecule has 2 rings (SSSR count). The number of benzene rings is 1. The summed E-state index contributed by atoms with van der Waals surface area (Å²) in [7, 11) is 0. The number of nitrogens with zero attached hydrogens (tertiary/aromatic N) is 3. The van der Waals surface area contributed by atoms with Gasteiger partial charge in [0.1, 0.15) is 5.82 Å². The van der Waals surface area contributed by atoms with Crippen LogP contribution in [-0.4, -0.2) is 71.9 Å². The van der Waals surface area contributed by atoms with Gasteiger partial charge in [-0.2, -0.15) is 0 Å². The molecule has 0 bridgehead atoms. The van der Waals surface area contributed by atoms with E-state index in [4.69, 9.17) is 0 Å². The molecular formula is C26H43FN4O2. The Labute approximate surface area is 199 Å². The second-order valence-electron chi connectivity index (χ2n) is 10.9. The Morgan fingerprint density at radius 1 is 1.06 bits per heavy atom. The first-order valence-electron chi connectivity index (χ1n) is 12.2. The van der Waals surface area contributed by atoms with Crippen molar-refractivity contribution in [1.82, 2.24) is 20.0 Å². The normalized spacial score (nSPS) is 16.1. The smallest absolute Gasteiger partial charge is 0.317 e. The van der Waals surface area contributed by atoms with Crippen LogP contribution in [0, 0.1) is 17.2 Å². The van der Waals surface area contributed by atoms with Crippen molar-refractivity contribution in [3.05, 3.63) is 35.6 Å². The van der Waals surface area contributed by atoms with Crippen LogP contribution in [0.5, 0.6) is 0 Å². The molecule has 1 N–H and O–H groups in total. The molecule has 1 atom stereocenters. The molecule has 3 amide bonds. The highest BCUT2D eigenvalue weighted by Crippen LogP contribution is 2.26. The summed E-state index contributed by atoms with van der Waals surface area (Å²) in [5.74, 6) is 0.354. The highest BCUT2D eigenvalue weighted by molar-refractivity contribution is 5.76. The molecule has 1 unspecified atom stereocenters. The summed E-state index contributed by atoms with van der Waals surface area (Å²) in [4.78, 5) is 31.5. The third-order valence-electron chi connectivity index (χ3n) is 5.88. The quantitative estimate of drug-likeness (QED) is 0.594. The van der Waals surface area contributed by atoms with E-state index in [1.807, 2.05) is 18.7 Å². The number of carbonyl (C=O) groups excluding carboxylic acids is 2. The molecule has 1 aliphatic rings. The van der Waals surface area contributed by atoms with Crippen LogP contribution in [0.4, 0.5) is 9.18 Å². The van der Waals surface area contributed by atoms with Gasteiger partial charge in [0.05, 0.1) is 0 Å². The van der Waals surface area contributed by atoms with Crippen LogP contribution in [0.2, 0.25) is 0 Å². The average molecular weight is 463 g/mol. The van der Waals surface area contributed by atoms with E-state index in [2.05, 4.69) is 37.9 Å². The van der Waals surface area contributed by atoms with Crippen molar-refractivity contribution in [3.63, 3.8) is 0 Å². The maximum absolute atomic E-state index is 13.2. The van der Waals surface area contributed by atoms with Crippen molar-refractivity contribution in [2.75, 3.05) is 39.3 Å². The Kier molecular flexibility index (Phi) is 10.1. The van der Waals surface area contributed by atoms with Crippen LogP contribution in [0.1, 0.15) is 59.9 Å². The lowest BCUT2D eigenvalue weighted by molar-refractivity contribution is -0.134.